The van der Waals surface area contributed by atoms with Gasteiger partial charge in [0.1, 0.15) is 11.9 Å². The van der Waals surface area contributed by atoms with Crippen LogP contribution in [0.1, 0.15) is 18.4 Å². The summed E-state index contributed by atoms with van der Waals surface area (Å²) >= 11 is 0. The first-order valence-corrected chi connectivity index (χ1v) is 4.73. The molecule has 3 heteroatoms. The summed E-state index contributed by atoms with van der Waals surface area (Å²) in [6, 6.07) is 8.51. The topological polar surface area (TPSA) is 35.2 Å². The number of aryl methyl sites for hydroxylation is 1. The van der Waals surface area contributed by atoms with Crippen LogP contribution in [0.15, 0.2) is 24.3 Å². The van der Waals surface area contributed by atoms with Gasteiger partial charge in [0.2, 0.25) is 0 Å². The SMILES string of the molecule is Cc1ccc(O[C@H]2C[C@H](N)C2)cc1.Cl. The van der Waals surface area contributed by atoms with Crippen molar-refractivity contribution in [3.05, 3.63) is 29.8 Å². The molecule has 0 spiro atoms. The average Bonchev–Trinajstić information content (AvgIpc) is 2.06. The van der Waals surface area contributed by atoms with Gasteiger partial charge in [-0.3, -0.25) is 0 Å². The van der Waals surface area contributed by atoms with Gasteiger partial charge in [0.25, 0.3) is 0 Å². The predicted molar refractivity (Wildman–Crippen MR) is 60.1 cm³/mol. The van der Waals surface area contributed by atoms with Crippen LogP contribution in [0.5, 0.6) is 5.75 Å². The molecule has 1 saturated carbocycles. The Balaban J connectivity index is 0.000000980. The van der Waals surface area contributed by atoms with Gasteiger partial charge in [0, 0.05) is 6.04 Å². The molecule has 0 amide bonds. The van der Waals surface area contributed by atoms with E-state index in [4.69, 9.17) is 10.5 Å². The smallest absolute Gasteiger partial charge is 0.119 e. The van der Waals surface area contributed by atoms with Gasteiger partial charge in [-0.2, -0.15) is 0 Å². The zero-order valence-corrected chi connectivity index (χ0v) is 9.09. The molecule has 2 N–H and O–H groups in total. The molecule has 2 rings (SSSR count). The fourth-order valence-corrected chi connectivity index (χ4v) is 1.51. The molecular formula is C11H16ClNO. The Kier molecular flexibility index (Phi) is 3.78. The molecule has 2 nitrogen and oxygen atoms in total. The third kappa shape index (κ3) is 2.63. The van der Waals surface area contributed by atoms with E-state index in [0.29, 0.717) is 12.1 Å². The van der Waals surface area contributed by atoms with E-state index in [2.05, 4.69) is 19.1 Å². The molecule has 78 valence electrons. The molecule has 0 heterocycles. The molecule has 1 aromatic rings. The molecule has 0 unspecified atom stereocenters. The third-order valence-corrected chi connectivity index (χ3v) is 2.46. The molecule has 0 aliphatic heterocycles. The lowest BCUT2D eigenvalue weighted by Gasteiger charge is -2.32. The largest absolute Gasteiger partial charge is 0.490 e. The minimum absolute atomic E-state index is 0. The van der Waals surface area contributed by atoms with Crippen LogP contribution in [0, 0.1) is 6.92 Å². The maximum absolute atomic E-state index is 5.70. The molecule has 1 aliphatic carbocycles. The summed E-state index contributed by atoms with van der Waals surface area (Å²) in [6.45, 7) is 2.07. The molecule has 0 atom stereocenters. The van der Waals surface area contributed by atoms with E-state index in [1.54, 1.807) is 0 Å². The first-order chi connectivity index (χ1) is 6.24. The highest BCUT2D eigenvalue weighted by Crippen LogP contribution is 2.24. The van der Waals surface area contributed by atoms with Crippen LogP contribution in [0.25, 0.3) is 0 Å². The van der Waals surface area contributed by atoms with Crippen LogP contribution in [0.3, 0.4) is 0 Å². The molecule has 0 saturated heterocycles. The Morgan fingerprint density at radius 3 is 2.29 bits per heavy atom. The summed E-state index contributed by atoms with van der Waals surface area (Å²) in [7, 11) is 0. The molecule has 1 aliphatic rings. The van der Waals surface area contributed by atoms with Gasteiger partial charge in [0.05, 0.1) is 0 Å². The zero-order valence-electron chi connectivity index (χ0n) is 8.27. The second-order valence-corrected chi connectivity index (χ2v) is 3.78. The van der Waals surface area contributed by atoms with Gasteiger partial charge in [-0.05, 0) is 31.9 Å². The van der Waals surface area contributed by atoms with Crippen molar-refractivity contribution in [2.24, 2.45) is 5.73 Å². The Bertz CT molecular complexity index is 280. The van der Waals surface area contributed by atoms with Crippen molar-refractivity contribution in [3.8, 4) is 5.75 Å². The molecular weight excluding hydrogens is 198 g/mol. The molecule has 0 bridgehead atoms. The van der Waals surface area contributed by atoms with Crippen molar-refractivity contribution in [1.29, 1.82) is 0 Å². The van der Waals surface area contributed by atoms with Crippen LogP contribution < -0.4 is 10.5 Å². The van der Waals surface area contributed by atoms with Gasteiger partial charge in [0.15, 0.2) is 0 Å². The zero-order chi connectivity index (χ0) is 9.26. The van der Waals surface area contributed by atoms with Crippen LogP contribution in [-0.2, 0) is 0 Å². The quantitative estimate of drug-likeness (QED) is 0.818. The van der Waals surface area contributed by atoms with E-state index in [0.717, 1.165) is 18.6 Å². The molecule has 1 fully saturated rings. The van der Waals surface area contributed by atoms with E-state index < -0.39 is 0 Å². The van der Waals surface area contributed by atoms with Crippen molar-refractivity contribution in [2.45, 2.75) is 31.9 Å². The fourth-order valence-electron chi connectivity index (χ4n) is 1.51. The maximum atomic E-state index is 5.70. The summed E-state index contributed by atoms with van der Waals surface area (Å²) in [5.41, 5.74) is 6.93. The molecule has 0 aromatic heterocycles. The van der Waals surface area contributed by atoms with Crippen LogP contribution >= 0.6 is 12.4 Å². The predicted octanol–water partition coefficient (Wildman–Crippen LogP) is 2.29. The lowest BCUT2D eigenvalue weighted by molar-refractivity contribution is 0.101. The third-order valence-electron chi connectivity index (χ3n) is 2.46. The number of ether oxygens (including phenoxy) is 1. The van der Waals surface area contributed by atoms with Crippen molar-refractivity contribution < 1.29 is 4.74 Å². The van der Waals surface area contributed by atoms with Gasteiger partial charge in [-0.15, -0.1) is 12.4 Å². The van der Waals surface area contributed by atoms with Crippen LogP contribution in [0.2, 0.25) is 0 Å². The standard InChI is InChI=1S/C11H15NO.ClH/c1-8-2-4-10(5-3-8)13-11-6-9(12)7-11;/h2-5,9,11H,6-7,12H2,1H3;1H/t9-,11-;. The van der Waals surface area contributed by atoms with Crippen molar-refractivity contribution in [1.82, 2.24) is 0 Å². The molecule has 1 aromatic carbocycles. The minimum atomic E-state index is 0. The highest BCUT2D eigenvalue weighted by molar-refractivity contribution is 5.85. The Morgan fingerprint density at radius 1 is 1.21 bits per heavy atom. The summed E-state index contributed by atoms with van der Waals surface area (Å²) < 4.78 is 5.70. The number of nitrogens with two attached hydrogens (primary N) is 1. The summed E-state index contributed by atoms with van der Waals surface area (Å²) in [5, 5.41) is 0. The lowest BCUT2D eigenvalue weighted by atomic mass is 9.90. The summed E-state index contributed by atoms with van der Waals surface area (Å²) in [5.74, 6) is 0.961. The number of hydrogen-bond acceptors (Lipinski definition) is 2. The summed E-state index contributed by atoms with van der Waals surface area (Å²) in [4.78, 5) is 0. The Labute approximate surface area is 90.9 Å². The fraction of sp³-hybridized carbons (Fsp3) is 0.455. The van der Waals surface area contributed by atoms with E-state index in [1.165, 1.54) is 5.56 Å². The van der Waals surface area contributed by atoms with Gasteiger partial charge < -0.3 is 10.5 Å². The number of rotatable bonds is 2. The van der Waals surface area contributed by atoms with E-state index in [1.807, 2.05) is 12.1 Å². The van der Waals surface area contributed by atoms with Crippen LogP contribution in [0.4, 0.5) is 0 Å². The van der Waals surface area contributed by atoms with Crippen molar-refractivity contribution in [2.75, 3.05) is 0 Å². The Hall–Kier alpha value is -0.730. The first-order valence-electron chi connectivity index (χ1n) is 4.73. The van der Waals surface area contributed by atoms with Crippen molar-refractivity contribution in [3.63, 3.8) is 0 Å². The normalized spacial score (nSPS) is 24.7. The number of hydrogen-bond donors (Lipinski definition) is 1. The van der Waals surface area contributed by atoms with E-state index in [9.17, 15) is 0 Å². The number of halogens is 1. The summed E-state index contributed by atoms with van der Waals surface area (Å²) in [6.07, 6.45) is 2.33. The van der Waals surface area contributed by atoms with Gasteiger partial charge >= 0.3 is 0 Å². The second-order valence-electron chi connectivity index (χ2n) is 3.78. The van der Waals surface area contributed by atoms with Crippen molar-refractivity contribution >= 4 is 12.4 Å². The lowest BCUT2D eigenvalue weighted by Crippen LogP contribution is -2.43. The van der Waals surface area contributed by atoms with Gasteiger partial charge in [-0.25, -0.2) is 0 Å². The average molecular weight is 214 g/mol. The highest BCUT2D eigenvalue weighted by atomic mass is 35.5. The van der Waals surface area contributed by atoms with Crippen LogP contribution in [-0.4, -0.2) is 12.1 Å². The molecule has 0 radical (unpaired) electrons. The van der Waals surface area contributed by atoms with E-state index in [-0.39, 0.29) is 12.4 Å². The monoisotopic (exact) mass is 213 g/mol. The maximum Gasteiger partial charge on any atom is 0.119 e. The second kappa shape index (κ2) is 4.67. The van der Waals surface area contributed by atoms with Gasteiger partial charge in [-0.1, -0.05) is 17.7 Å². The first kappa shape index (κ1) is 11.3. The number of benzene rings is 1. The molecule has 14 heavy (non-hydrogen) atoms. The minimum Gasteiger partial charge on any atom is -0.490 e. The Morgan fingerprint density at radius 2 is 1.79 bits per heavy atom. The van der Waals surface area contributed by atoms with E-state index >= 15 is 0 Å². The highest BCUT2D eigenvalue weighted by Gasteiger charge is 2.27.